The van der Waals surface area contributed by atoms with E-state index in [4.69, 9.17) is 4.74 Å². The van der Waals surface area contributed by atoms with Crippen molar-refractivity contribution in [2.45, 2.75) is 182 Å². The Morgan fingerprint density at radius 3 is 1.02 bits per heavy atom. The van der Waals surface area contributed by atoms with Crippen LogP contribution in [-0.2, 0) is 25.7 Å². The van der Waals surface area contributed by atoms with Crippen molar-refractivity contribution in [2.24, 2.45) is 0 Å². The molecular weight excluding hydrogens is 496 g/mol. The van der Waals surface area contributed by atoms with E-state index in [1.54, 1.807) is 0 Å². The summed E-state index contributed by atoms with van der Waals surface area (Å²) in [6.45, 7) is 9.20. The Bertz CT molecular complexity index is 824. The van der Waals surface area contributed by atoms with Crippen molar-refractivity contribution in [3.05, 3.63) is 58.7 Å². The van der Waals surface area contributed by atoms with Gasteiger partial charge in [-0.25, -0.2) is 0 Å². The molecule has 0 bridgehead atoms. The van der Waals surface area contributed by atoms with E-state index >= 15 is 0 Å². The molecule has 0 atom stereocenters. The summed E-state index contributed by atoms with van der Waals surface area (Å²) in [6, 6.07) is 14.2. The minimum Gasteiger partial charge on any atom is -0.457 e. The standard InChI is InChI=1S/C40H66O/c1-5-9-13-17-21-25-35-29-31-39(37(33-35)27-23-19-15-11-7-3)41-40-32-30-36(26-22-18-14-10-6-2)34-38(40)28-24-20-16-12-8-4/h29-34H,5-28H2,1-4H3. The van der Waals surface area contributed by atoms with Gasteiger partial charge in [-0.3, -0.25) is 0 Å². The Balaban J connectivity index is 2.16. The highest BCUT2D eigenvalue weighted by Crippen LogP contribution is 2.32. The molecule has 0 heterocycles. The Morgan fingerprint density at radius 2 is 0.683 bits per heavy atom. The Hall–Kier alpha value is -1.76. The van der Waals surface area contributed by atoms with Crippen molar-refractivity contribution in [3.63, 3.8) is 0 Å². The largest absolute Gasteiger partial charge is 0.457 e. The average Bonchev–Trinajstić information content (AvgIpc) is 2.98. The molecule has 0 saturated heterocycles. The molecule has 0 saturated carbocycles. The summed E-state index contributed by atoms with van der Waals surface area (Å²) in [5.74, 6) is 2.18. The molecule has 0 spiro atoms. The smallest absolute Gasteiger partial charge is 0.130 e. The summed E-state index contributed by atoms with van der Waals surface area (Å²) < 4.78 is 6.82. The average molecular weight is 563 g/mol. The fourth-order valence-electron chi connectivity index (χ4n) is 5.99. The maximum Gasteiger partial charge on any atom is 0.130 e. The van der Waals surface area contributed by atoms with Crippen LogP contribution in [0.2, 0.25) is 0 Å². The van der Waals surface area contributed by atoms with Gasteiger partial charge in [0.1, 0.15) is 11.5 Å². The second-order valence-electron chi connectivity index (χ2n) is 12.6. The van der Waals surface area contributed by atoms with Crippen LogP contribution in [0.15, 0.2) is 36.4 Å². The van der Waals surface area contributed by atoms with Crippen molar-refractivity contribution in [1.29, 1.82) is 0 Å². The van der Waals surface area contributed by atoms with Gasteiger partial charge in [-0.1, -0.05) is 155 Å². The van der Waals surface area contributed by atoms with Crippen LogP contribution in [-0.4, -0.2) is 0 Å². The Kier molecular flexibility index (Phi) is 20.5. The third-order valence-corrected chi connectivity index (χ3v) is 8.71. The first-order chi connectivity index (χ1) is 20.2. The number of hydrogen-bond donors (Lipinski definition) is 0. The summed E-state index contributed by atoms with van der Waals surface area (Å²) in [5.41, 5.74) is 5.82. The molecule has 1 nitrogen and oxygen atoms in total. The number of unbranched alkanes of at least 4 members (excludes halogenated alkanes) is 16. The van der Waals surface area contributed by atoms with Crippen molar-refractivity contribution < 1.29 is 4.74 Å². The predicted molar refractivity (Wildman–Crippen MR) is 183 cm³/mol. The van der Waals surface area contributed by atoms with Crippen LogP contribution in [0.25, 0.3) is 0 Å². The second kappa shape index (κ2) is 23.8. The third-order valence-electron chi connectivity index (χ3n) is 8.71. The molecule has 0 radical (unpaired) electrons. The number of ether oxygens (including phenoxy) is 1. The summed E-state index contributed by atoms with van der Waals surface area (Å²) in [5, 5.41) is 0. The van der Waals surface area contributed by atoms with E-state index < -0.39 is 0 Å². The maximum absolute atomic E-state index is 6.82. The fraction of sp³-hybridized carbons (Fsp3) is 0.700. The van der Waals surface area contributed by atoms with Crippen molar-refractivity contribution in [1.82, 2.24) is 0 Å². The van der Waals surface area contributed by atoms with Crippen LogP contribution in [0.4, 0.5) is 0 Å². The van der Waals surface area contributed by atoms with Crippen LogP contribution >= 0.6 is 0 Å². The highest BCUT2D eigenvalue weighted by molar-refractivity contribution is 5.44. The maximum atomic E-state index is 6.82. The lowest BCUT2D eigenvalue weighted by atomic mass is 9.98. The molecule has 0 aliphatic rings. The van der Waals surface area contributed by atoms with E-state index in [2.05, 4.69) is 64.1 Å². The molecule has 232 valence electrons. The van der Waals surface area contributed by atoms with Gasteiger partial charge in [0.25, 0.3) is 0 Å². The lowest BCUT2D eigenvalue weighted by Gasteiger charge is -2.17. The van der Waals surface area contributed by atoms with Crippen LogP contribution in [0.5, 0.6) is 11.5 Å². The van der Waals surface area contributed by atoms with Crippen LogP contribution < -0.4 is 4.74 Å². The Labute approximate surface area is 256 Å². The first kappa shape index (κ1) is 35.4. The van der Waals surface area contributed by atoms with Gasteiger partial charge >= 0.3 is 0 Å². The number of hydrogen-bond acceptors (Lipinski definition) is 1. The third kappa shape index (κ3) is 15.9. The van der Waals surface area contributed by atoms with Gasteiger partial charge in [-0.2, -0.15) is 0 Å². The lowest BCUT2D eigenvalue weighted by molar-refractivity contribution is 0.465. The highest BCUT2D eigenvalue weighted by atomic mass is 16.5. The molecule has 0 unspecified atom stereocenters. The molecule has 0 N–H and O–H groups in total. The van der Waals surface area contributed by atoms with E-state index in [-0.39, 0.29) is 0 Å². The molecule has 2 aromatic carbocycles. The minimum absolute atomic E-state index is 1.09. The van der Waals surface area contributed by atoms with E-state index in [1.165, 1.54) is 164 Å². The minimum atomic E-state index is 1.09. The molecule has 1 heteroatoms. The van der Waals surface area contributed by atoms with Gasteiger partial charge in [0.05, 0.1) is 0 Å². The lowest BCUT2D eigenvalue weighted by Crippen LogP contribution is -1.99. The van der Waals surface area contributed by atoms with Crippen LogP contribution in [0, 0.1) is 0 Å². The first-order valence-electron chi connectivity index (χ1n) is 18.1. The summed E-state index contributed by atoms with van der Waals surface area (Å²) in [7, 11) is 0. The molecule has 2 rings (SSSR count). The van der Waals surface area contributed by atoms with Gasteiger partial charge in [0.2, 0.25) is 0 Å². The van der Waals surface area contributed by atoms with E-state index in [0.717, 1.165) is 24.3 Å². The van der Waals surface area contributed by atoms with Gasteiger partial charge < -0.3 is 4.74 Å². The topological polar surface area (TPSA) is 9.23 Å². The molecular formula is C40H66O. The van der Waals surface area contributed by atoms with Gasteiger partial charge in [0.15, 0.2) is 0 Å². The predicted octanol–water partition coefficient (Wildman–Crippen LogP) is 13.5. The zero-order chi connectivity index (χ0) is 29.4. The molecule has 0 amide bonds. The first-order valence-corrected chi connectivity index (χ1v) is 18.1. The van der Waals surface area contributed by atoms with E-state index in [1.807, 2.05) is 0 Å². The number of benzene rings is 2. The normalized spacial score (nSPS) is 11.3. The van der Waals surface area contributed by atoms with Gasteiger partial charge in [0, 0.05) is 0 Å². The monoisotopic (exact) mass is 563 g/mol. The van der Waals surface area contributed by atoms with E-state index in [0.29, 0.717) is 0 Å². The zero-order valence-electron chi connectivity index (χ0n) is 27.8. The molecule has 0 aliphatic carbocycles. The van der Waals surface area contributed by atoms with Crippen LogP contribution in [0.1, 0.15) is 178 Å². The quantitative estimate of drug-likeness (QED) is 0.104. The second-order valence-corrected chi connectivity index (χ2v) is 12.6. The number of aryl methyl sites for hydroxylation is 4. The summed E-state index contributed by atoms with van der Waals surface area (Å²) >= 11 is 0. The van der Waals surface area contributed by atoms with Gasteiger partial charge in [-0.05, 0) is 85.8 Å². The number of rotatable bonds is 26. The Morgan fingerprint density at radius 1 is 0.366 bits per heavy atom. The fourth-order valence-corrected chi connectivity index (χ4v) is 5.99. The summed E-state index contributed by atoms with van der Waals surface area (Å²) in [4.78, 5) is 0. The summed E-state index contributed by atoms with van der Waals surface area (Å²) in [6.07, 6.45) is 31.3. The molecule has 0 aliphatic heterocycles. The van der Waals surface area contributed by atoms with E-state index in [9.17, 15) is 0 Å². The van der Waals surface area contributed by atoms with Crippen molar-refractivity contribution in [3.8, 4) is 11.5 Å². The molecule has 0 fully saturated rings. The van der Waals surface area contributed by atoms with Crippen LogP contribution in [0.3, 0.4) is 0 Å². The zero-order valence-corrected chi connectivity index (χ0v) is 27.8. The molecule has 0 aromatic heterocycles. The molecule has 2 aromatic rings. The highest BCUT2D eigenvalue weighted by Gasteiger charge is 2.12. The molecule has 41 heavy (non-hydrogen) atoms. The van der Waals surface area contributed by atoms with Crippen molar-refractivity contribution >= 4 is 0 Å². The van der Waals surface area contributed by atoms with Crippen molar-refractivity contribution in [2.75, 3.05) is 0 Å². The van der Waals surface area contributed by atoms with Gasteiger partial charge in [-0.15, -0.1) is 0 Å². The SMILES string of the molecule is CCCCCCCc1ccc(Oc2ccc(CCCCCCC)cc2CCCCCCC)c(CCCCCCC)c1.